The van der Waals surface area contributed by atoms with Gasteiger partial charge in [0.25, 0.3) is 0 Å². The summed E-state index contributed by atoms with van der Waals surface area (Å²) in [5, 5.41) is 0. The van der Waals surface area contributed by atoms with Gasteiger partial charge in [0.1, 0.15) is 17.0 Å². The molecule has 160 valence electrons. The molecule has 0 N–H and O–H groups in total. The van der Waals surface area contributed by atoms with E-state index >= 15 is 0 Å². The Labute approximate surface area is 176 Å². The van der Waals surface area contributed by atoms with Crippen LogP contribution in [0.4, 0.5) is 4.39 Å². The number of carbonyl (C=O) groups is 2. The highest BCUT2D eigenvalue weighted by molar-refractivity contribution is 7.99. The first-order valence-electron chi connectivity index (χ1n) is 10.2. The highest BCUT2D eigenvalue weighted by Gasteiger charge is 2.67. The fraction of sp³-hybridized carbons (Fsp3) is 0.652. The standard InChI is InChI=1S/C23H31FO4S/c1-22(2,3)27-20(25)17-13(12-29-15-9-7-14(24)8-10-15)11-16-18(17)19(16)21(26)28-23(4,5)6/h7-10,13,16-19H,11-12H2,1-6H3/t13-,16+,17+,18+,19-/m0/s1. The topological polar surface area (TPSA) is 52.6 Å². The number of esters is 2. The Kier molecular flexibility index (Phi) is 6.06. The van der Waals surface area contributed by atoms with E-state index in [2.05, 4.69) is 0 Å². The Hall–Kier alpha value is -1.56. The average Bonchev–Trinajstić information content (AvgIpc) is 3.12. The molecule has 1 aromatic carbocycles. The van der Waals surface area contributed by atoms with E-state index in [0.29, 0.717) is 0 Å². The molecule has 5 atom stereocenters. The van der Waals surface area contributed by atoms with Crippen molar-refractivity contribution in [2.75, 3.05) is 5.75 Å². The van der Waals surface area contributed by atoms with Crippen LogP contribution in [0.5, 0.6) is 0 Å². The third-order valence-electron chi connectivity index (χ3n) is 5.36. The maximum atomic E-state index is 13.1. The van der Waals surface area contributed by atoms with Crippen LogP contribution in [0.3, 0.4) is 0 Å². The van der Waals surface area contributed by atoms with Crippen molar-refractivity contribution in [3.05, 3.63) is 30.1 Å². The predicted octanol–water partition coefficient (Wildman–Crippen LogP) is 5.10. The molecule has 2 aliphatic carbocycles. The number of halogens is 1. The molecule has 0 unspecified atom stereocenters. The normalized spacial score (nSPS) is 28.6. The van der Waals surface area contributed by atoms with E-state index in [1.54, 1.807) is 23.9 Å². The van der Waals surface area contributed by atoms with Gasteiger partial charge in [0.15, 0.2) is 0 Å². The molecule has 0 amide bonds. The number of rotatable bonds is 5. The van der Waals surface area contributed by atoms with Gasteiger partial charge in [-0.2, -0.15) is 0 Å². The molecule has 3 rings (SSSR count). The van der Waals surface area contributed by atoms with Crippen molar-refractivity contribution >= 4 is 23.7 Å². The largest absolute Gasteiger partial charge is 0.460 e. The fourth-order valence-electron chi connectivity index (χ4n) is 4.33. The van der Waals surface area contributed by atoms with Crippen LogP contribution in [-0.2, 0) is 19.1 Å². The first kappa shape index (κ1) is 22.1. The molecule has 0 aliphatic heterocycles. The van der Waals surface area contributed by atoms with Crippen LogP contribution in [0.15, 0.2) is 29.2 Å². The van der Waals surface area contributed by atoms with Gasteiger partial charge in [-0.1, -0.05) is 0 Å². The summed E-state index contributed by atoms with van der Waals surface area (Å²) in [6.45, 7) is 11.2. The van der Waals surface area contributed by atoms with Gasteiger partial charge in [-0.15, -0.1) is 11.8 Å². The summed E-state index contributed by atoms with van der Waals surface area (Å²) < 4.78 is 24.4. The molecule has 0 spiro atoms. The lowest BCUT2D eigenvalue weighted by Gasteiger charge is -2.28. The molecule has 0 radical (unpaired) electrons. The molecule has 0 heterocycles. The van der Waals surface area contributed by atoms with Gasteiger partial charge in [-0.05, 0) is 90.0 Å². The van der Waals surface area contributed by atoms with Crippen LogP contribution in [0.25, 0.3) is 0 Å². The molecule has 6 heteroatoms. The van der Waals surface area contributed by atoms with Crippen molar-refractivity contribution in [1.82, 2.24) is 0 Å². The molecular weight excluding hydrogens is 391 g/mol. The number of hydrogen-bond donors (Lipinski definition) is 0. The van der Waals surface area contributed by atoms with Crippen molar-refractivity contribution in [3.63, 3.8) is 0 Å². The summed E-state index contributed by atoms with van der Waals surface area (Å²) in [4.78, 5) is 26.5. The second-order valence-corrected chi connectivity index (χ2v) is 11.2. The smallest absolute Gasteiger partial charge is 0.310 e. The minimum absolute atomic E-state index is 0.00137. The van der Waals surface area contributed by atoms with Crippen molar-refractivity contribution in [1.29, 1.82) is 0 Å². The minimum Gasteiger partial charge on any atom is -0.460 e. The van der Waals surface area contributed by atoms with Gasteiger partial charge >= 0.3 is 11.9 Å². The van der Waals surface area contributed by atoms with E-state index in [1.807, 2.05) is 41.5 Å². The number of carbonyl (C=O) groups excluding carboxylic acids is 2. The third kappa shape index (κ3) is 5.53. The van der Waals surface area contributed by atoms with Crippen LogP contribution >= 0.6 is 11.8 Å². The van der Waals surface area contributed by atoms with E-state index in [-0.39, 0.29) is 47.3 Å². The van der Waals surface area contributed by atoms with Gasteiger partial charge in [0.2, 0.25) is 0 Å². The molecule has 2 saturated carbocycles. The van der Waals surface area contributed by atoms with E-state index in [9.17, 15) is 14.0 Å². The zero-order valence-electron chi connectivity index (χ0n) is 18.0. The van der Waals surface area contributed by atoms with E-state index in [1.165, 1.54) is 12.1 Å². The lowest BCUT2D eigenvalue weighted by Crippen LogP contribution is -2.35. The minimum atomic E-state index is -0.569. The first-order chi connectivity index (χ1) is 13.4. The van der Waals surface area contributed by atoms with Crippen molar-refractivity contribution in [2.24, 2.45) is 29.6 Å². The Morgan fingerprint density at radius 2 is 1.48 bits per heavy atom. The van der Waals surface area contributed by atoms with Crippen LogP contribution in [0.1, 0.15) is 48.0 Å². The molecule has 2 fully saturated rings. The predicted molar refractivity (Wildman–Crippen MR) is 111 cm³/mol. The molecule has 2 aliphatic rings. The summed E-state index contributed by atoms with van der Waals surface area (Å²) in [6.07, 6.45) is 0.812. The van der Waals surface area contributed by atoms with Crippen LogP contribution < -0.4 is 0 Å². The third-order valence-corrected chi connectivity index (χ3v) is 6.56. The zero-order valence-corrected chi connectivity index (χ0v) is 18.8. The van der Waals surface area contributed by atoms with Crippen LogP contribution in [0.2, 0.25) is 0 Å². The Balaban J connectivity index is 1.70. The number of ether oxygens (including phenoxy) is 2. The van der Waals surface area contributed by atoms with Gasteiger partial charge < -0.3 is 9.47 Å². The molecule has 29 heavy (non-hydrogen) atoms. The quantitative estimate of drug-likeness (QED) is 0.488. The van der Waals surface area contributed by atoms with E-state index < -0.39 is 11.2 Å². The molecule has 1 aromatic rings. The molecule has 0 bridgehead atoms. The Morgan fingerprint density at radius 1 is 0.966 bits per heavy atom. The lowest BCUT2D eigenvalue weighted by atomic mass is 9.89. The maximum Gasteiger partial charge on any atom is 0.310 e. The average molecular weight is 423 g/mol. The zero-order chi connectivity index (χ0) is 21.6. The van der Waals surface area contributed by atoms with Crippen LogP contribution in [-0.4, -0.2) is 28.9 Å². The van der Waals surface area contributed by atoms with Crippen molar-refractivity contribution in [2.45, 2.75) is 64.1 Å². The molecule has 0 saturated heterocycles. The van der Waals surface area contributed by atoms with Crippen LogP contribution in [0, 0.1) is 35.4 Å². The number of hydrogen-bond acceptors (Lipinski definition) is 5. The van der Waals surface area contributed by atoms with Gasteiger partial charge in [-0.25, -0.2) is 4.39 Å². The van der Waals surface area contributed by atoms with Crippen molar-refractivity contribution in [3.8, 4) is 0 Å². The van der Waals surface area contributed by atoms with Crippen molar-refractivity contribution < 1.29 is 23.5 Å². The summed E-state index contributed by atoms with van der Waals surface area (Å²) in [5.74, 6) is -0.143. The molecule has 4 nitrogen and oxygen atoms in total. The SMILES string of the molecule is CC(C)(C)OC(=O)[C@@H]1[C@H](CSc2ccc(F)cc2)C[C@H]2[C@H](C(=O)OC(C)(C)C)[C@H]21. The maximum absolute atomic E-state index is 13.1. The monoisotopic (exact) mass is 422 g/mol. The second-order valence-electron chi connectivity index (χ2n) is 10.1. The fourth-order valence-corrected chi connectivity index (χ4v) is 5.41. The Bertz CT molecular complexity index is 763. The number of benzene rings is 1. The summed E-state index contributed by atoms with van der Waals surface area (Å²) in [5.41, 5.74) is -1.10. The second kappa shape index (κ2) is 7.93. The molecule has 0 aromatic heterocycles. The summed E-state index contributed by atoms with van der Waals surface area (Å²) in [7, 11) is 0. The Morgan fingerprint density at radius 3 is 2.00 bits per heavy atom. The highest BCUT2D eigenvalue weighted by atomic mass is 32.2. The number of thioether (sulfide) groups is 1. The van der Waals surface area contributed by atoms with E-state index in [4.69, 9.17) is 9.47 Å². The lowest BCUT2D eigenvalue weighted by molar-refractivity contribution is -0.163. The highest BCUT2D eigenvalue weighted by Crippen LogP contribution is 2.64. The summed E-state index contributed by atoms with van der Waals surface area (Å²) in [6, 6.07) is 6.39. The van der Waals surface area contributed by atoms with Gasteiger partial charge in [-0.3, -0.25) is 9.59 Å². The first-order valence-corrected chi connectivity index (χ1v) is 11.2. The summed E-state index contributed by atoms with van der Waals surface area (Å²) >= 11 is 1.62. The molecular formula is C23H31FO4S. The van der Waals surface area contributed by atoms with Gasteiger partial charge in [0, 0.05) is 10.6 Å². The van der Waals surface area contributed by atoms with E-state index in [0.717, 1.165) is 17.1 Å². The van der Waals surface area contributed by atoms with Gasteiger partial charge in [0.05, 0.1) is 11.8 Å². The number of fused-ring (bicyclic) bond motifs is 1.